The molecule has 0 bridgehead atoms. The second-order valence-corrected chi connectivity index (χ2v) is 7.02. The fourth-order valence-electron chi connectivity index (χ4n) is 3.24. The van der Waals surface area contributed by atoms with Crippen molar-refractivity contribution < 1.29 is 19.1 Å². The highest BCUT2D eigenvalue weighted by Gasteiger charge is 2.35. The third-order valence-electron chi connectivity index (χ3n) is 4.65. The molecule has 6 nitrogen and oxygen atoms in total. The molecule has 2 heterocycles. The maximum absolute atomic E-state index is 12.6. The molecule has 7 heteroatoms. The Bertz CT molecular complexity index is 869. The molecule has 1 saturated heterocycles. The van der Waals surface area contributed by atoms with Gasteiger partial charge in [0.25, 0.3) is 0 Å². The van der Waals surface area contributed by atoms with Gasteiger partial charge in [-0.15, -0.1) is 0 Å². The lowest BCUT2D eigenvalue weighted by Gasteiger charge is -2.17. The topological polar surface area (TPSA) is 67.9 Å². The largest absolute Gasteiger partial charge is 0.490 e. The molecule has 1 unspecified atom stereocenters. The minimum Gasteiger partial charge on any atom is -0.490 e. The van der Waals surface area contributed by atoms with Crippen LogP contribution in [0, 0.1) is 5.92 Å². The van der Waals surface area contributed by atoms with Crippen LogP contribution in [0.25, 0.3) is 0 Å². The fraction of sp³-hybridized carbons (Fsp3) is 0.300. The summed E-state index contributed by atoms with van der Waals surface area (Å²) in [5.74, 6) is 0.626. The molecule has 0 saturated carbocycles. The van der Waals surface area contributed by atoms with Crippen molar-refractivity contribution in [3.05, 3.63) is 47.5 Å². The highest BCUT2D eigenvalue weighted by atomic mass is 35.5. The van der Waals surface area contributed by atoms with Crippen LogP contribution in [0.3, 0.4) is 0 Å². The van der Waals surface area contributed by atoms with Crippen LogP contribution >= 0.6 is 11.6 Å². The van der Waals surface area contributed by atoms with E-state index in [0.29, 0.717) is 42.0 Å². The summed E-state index contributed by atoms with van der Waals surface area (Å²) in [5, 5.41) is 3.49. The summed E-state index contributed by atoms with van der Waals surface area (Å²) in [5.41, 5.74) is 1.37. The lowest BCUT2D eigenvalue weighted by molar-refractivity contribution is -0.122. The van der Waals surface area contributed by atoms with Crippen LogP contribution in [0.15, 0.2) is 42.5 Å². The number of carbonyl (C=O) groups excluding carboxylic acids is 2. The SMILES string of the molecule is O=C(Nc1ccc2c(c1)OCCCO2)C1CC(=O)N(c2ccc(Cl)cc2)C1. The Morgan fingerprint density at radius 3 is 2.59 bits per heavy atom. The van der Waals surface area contributed by atoms with Crippen molar-refractivity contribution in [2.24, 2.45) is 5.92 Å². The van der Waals surface area contributed by atoms with Crippen molar-refractivity contribution in [2.75, 3.05) is 30.0 Å². The van der Waals surface area contributed by atoms with E-state index in [4.69, 9.17) is 21.1 Å². The number of amides is 2. The number of benzene rings is 2. The molecule has 2 aromatic rings. The zero-order valence-electron chi connectivity index (χ0n) is 14.6. The molecular formula is C20H19ClN2O4. The second-order valence-electron chi connectivity index (χ2n) is 6.58. The van der Waals surface area contributed by atoms with Gasteiger partial charge >= 0.3 is 0 Å². The van der Waals surface area contributed by atoms with Crippen LogP contribution in [0.5, 0.6) is 11.5 Å². The van der Waals surface area contributed by atoms with E-state index in [1.807, 2.05) is 0 Å². The van der Waals surface area contributed by atoms with E-state index in [1.54, 1.807) is 47.4 Å². The number of hydrogen-bond donors (Lipinski definition) is 1. The lowest BCUT2D eigenvalue weighted by atomic mass is 10.1. The van der Waals surface area contributed by atoms with Gasteiger partial charge in [0.15, 0.2) is 11.5 Å². The Kier molecular flexibility index (Phi) is 4.90. The average molecular weight is 387 g/mol. The van der Waals surface area contributed by atoms with Gasteiger partial charge in [-0.05, 0) is 36.4 Å². The molecule has 27 heavy (non-hydrogen) atoms. The summed E-state index contributed by atoms with van der Waals surface area (Å²) < 4.78 is 11.2. The normalized spacial score (nSPS) is 18.9. The van der Waals surface area contributed by atoms with Crippen molar-refractivity contribution in [3.63, 3.8) is 0 Å². The van der Waals surface area contributed by atoms with Crippen LogP contribution in [0.1, 0.15) is 12.8 Å². The van der Waals surface area contributed by atoms with Crippen molar-refractivity contribution >= 4 is 34.8 Å². The van der Waals surface area contributed by atoms with E-state index in [9.17, 15) is 9.59 Å². The first-order chi connectivity index (χ1) is 13.1. The quantitative estimate of drug-likeness (QED) is 0.876. The predicted octanol–water partition coefficient (Wildman–Crippen LogP) is 3.49. The smallest absolute Gasteiger partial charge is 0.229 e. The highest BCUT2D eigenvalue weighted by Crippen LogP contribution is 2.33. The lowest BCUT2D eigenvalue weighted by Crippen LogP contribution is -2.28. The monoisotopic (exact) mass is 386 g/mol. The van der Waals surface area contributed by atoms with E-state index in [0.717, 1.165) is 12.1 Å². The van der Waals surface area contributed by atoms with Gasteiger partial charge in [-0.2, -0.15) is 0 Å². The minimum atomic E-state index is -0.413. The van der Waals surface area contributed by atoms with Gasteiger partial charge in [0.05, 0.1) is 19.1 Å². The first-order valence-corrected chi connectivity index (χ1v) is 9.24. The molecule has 1 atom stereocenters. The van der Waals surface area contributed by atoms with Gasteiger partial charge in [-0.1, -0.05) is 11.6 Å². The number of rotatable bonds is 3. The number of halogens is 1. The van der Waals surface area contributed by atoms with E-state index in [1.165, 1.54) is 0 Å². The molecule has 0 radical (unpaired) electrons. The van der Waals surface area contributed by atoms with Crippen molar-refractivity contribution in [3.8, 4) is 11.5 Å². The molecule has 0 aromatic heterocycles. The molecule has 2 aromatic carbocycles. The average Bonchev–Trinajstić information content (AvgIpc) is 2.90. The predicted molar refractivity (Wildman–Crippen MR) is 103 cm³/mol. The molecule has 4 rings (SSSR count). The van der Waals surface area contributed by atoms with Crippen LogP contribution in [-0.2, 0) is 9.59 Å². The third-order valence-corrected chi connectivity index (χ3v) is 4.90. The minimum absolute atomic E-state index is 0.0730. The molecule has 0 spiro atoms. The third kappa shape index (κ3) is 3.85. The molecule has 1 N–H and O–H groups in total. The van der Waals surface area contributed by atoms with Crippen LogP contribution in [0.2, 0.25) is 5.02 Å². The zero-order chi connectivity index (χ0) is 18.8. The number of carbonyl (C=O) groups is 2. The standard InChI is InChI=1S/C20H19ClN2O4/c21-14-2-5-16(6-3-14)23-12-13(10-19(23)24)20(25)22-15-4-7-17-18(11-15)27-9-1-8-26-17/h2-7,11,13H,1,8-10,12H2,(H,22,25). The van der Waals surface area contributed by atoms with E-state index in [2.05, 4.69) is 5.32 Å². The summed E-state index contributed by atoms with van der Waals surface area (Å²) in [4.78, 5) is 26.6. The van der Waals surface area contributed by atoms with Crippen LogP contribution in [-0.4, -0.2) is 31.6 Å². The Morgan fingerprint density at radius 1 is 1.07 bits per heavy atom. The van der Waals surface area contributed by atoms with Crippen molar-refractivity contribution in [1.82, 2.24) is 0 Å². The molecular weight excluding hydrogens is 368 g/mol. The fourth-order valence-corrected chi connectivity index (χ4v) is 3.37. The first kappa shape index (κ1) is 17.7. The Labute approximate surface area is 162 Å². The Balaban J connectivity index is 1.44. The molecule has 0 aliphatic carbocycles. The van der Waals surface area contributed by atoms with E-state index >= 15 is 0 Å². The van der Waals surface area contributed by atoms with Crippen LogP contribution in [0.4, 0.5) is 11.4 Å². The van der Waals surface area contributed by atoms with Crippen molar-refractivity contribution in [2.45, 2.75) is 12.8 Å². The molecule has 1 fully saturated rings. The van der Waals surface area contributed by atoms with Gasteiger partial charge in [-0.3, -0.25) is 9.59 Å². The number of anilines is 2. The van der Waals surface area contributed by atoms with E-state index in [-0.39, 0.29) is 18.2 Å². The summed E-state index contributed by atoms with van der Waals surface area (Å²) in [6.45, 7) is 1.54. The number of hydrogen-bond acceptors (Lipinski definition) is 4. The second kappa shape index (κ2) is 7.48. The zero-order valence-corrected chi connectivity index (χ0v) is 15.4. The van der Waals surface area contributed by atoms with E-state index < -0.39 is 5.92 Å². The molecule has 2 aliphatic rings. The Morgan fingerprint density at radius 2 is 1.81 bits per heavy atom. The maximum Gasteiger partial charge on any atom is 0.229 e. The summed E-state index contributed by atoms with van der Waals surface area (Å²) in [6, 6.07) is 12.3. The Hall–Kier alpha value is -2.73. The molecule has 2 amide bonds. The summed E-state index contributed by atoms with van der Waals surface area (Å²) >= 11 is 5.90. The summed E-state index contributed by atoms with van der Waals surface area (Å²) in [6.07, 6.45) is 1.00. The van der Waals surface area contributed by atoms with Gasteiger partial charge in [0.1, 0.15) is 0 Å². The number of nitrogens with zero attached hydrogens (tertiary/aromatic N) is 1. The van der Waals surface area contributed by atoms with Gasteiger partial charge in [-0.25, -0.2) is 0 Å². The number of fused-ring (bicyclic) bond motifs is 1. The van der Waals surface area contributed by atoms with Gasteiger partial charge in [0, 0.05) is 41.9 Å². The van der Waals surface area contributed by atoms with Crippen molar-refractivity contribution in [1.29, 1.82) is 0 Å². The number of ether oxygens (including phenoxy) is 2. The van der Waals surface area contributed by atoms with Gasteiger partial charge in [0.2, 0.25) is 11.8 Å². The maximum atomic E-state index is 12.6. The molecule has 140 valence electrons. The van der Waals surface area contributed by atoms with Crippen LogP contribution < -0.4 is 19.7 Å². The first-order valence-electron chi connectivity index (χ1n) is 8.86. The molecule has 2 aliphatic heterocycles. The highest BCUT2D eigenvalue weighted by molar-refractivity contribution is 6.30. The van der Waals surface area contributed by atoms with Gasteiger partial charge < -0.3 is 19.7 Å². The number of nitrogens with one attached hydrogen (secondary N) is 1. The summed E-state index contributed by atoms with van der Waals surface area (Å²) in [7, 11) is 0.